The Hall–Kier alpha value is -1.14. The van der Waals surface area contributed by atoms with Gasteiger partial charge in [0.1, 0.15) is 5.82 Å². The molecule has 0 bridgehead atoms. The van der Waals surface area contributed by atoms with Gasteiger partial charge in [-0.3, -0.25) is 10.1 Å². The molecule has 0 atom stereocenters. The van der Waals surface area contributed by atoms with Crippen LogP contribution in [0.5, 0.6) is 0 Å². The van der Waals surface area contributed by atoms with E-state index in [1.165, 1.54) is 12.1 Å². The van der Waals surface area contributed by atoms with Crippen LogP contribution in [-0.2, 0) is 6.54 Å². The van der Waals surface area contributed by atoms with Crippen molar-refractivity contribution in [3.63, 3.8) is 0 Å². The van der Waals surface area contributed by atoms with Crippen molar-refractivity contribution >= 4 is 17.4 Å². The Kier molecular flexibility index (Phi) is 6.42. The van der Waals surface area contributed by atoms with Crippen LogP contribution in [0.4, 0.5) is 10.1 Å². The van der Waals surface area contributed by atoms with Gasteiger partial charge >= 0.3 is 0 Å². The average Bonchev–Trinajstić information content (AvgIpc) is 2.44. The van der Waals surface area contributed by atoms with E-state index in [1.807, 2.05) is 0 Å². The lowest BCUT2D eigenvalue weighted by Crippen LogP contribution is -2.36. The van der Waals surface area contributed by atoms with E-state index < -0.39 is 10.7 Å². The number of hydrogen-bond acceptors (Lipinski definition) is 4. The molecule has 4 nitrogen and oxygen atoms in total. The monoisotopic (exact) mass is 300 g/mol. The maximum absolute atomic E-state index is 13.2. The summed E-state index contributed by atoms with van der Waals surface area (Å²) >= 11 is 1.80. The molecule has 1 N–H and O–H groups in total. The van der Waals surface area contributed by atoms with Crippen LogP contribution < -0.4 is 5.32 Å². The topological polar surface area (TPSA) is 55.2 Å². The maximum atomic E-state index is 13.2. The van der Waals surface area contributed by atoms with Crippen molar-refractivity contribution in [2.75, 3.05) is 12.8 Å². The molecule has 20 heavy (non-hydrogen) atoms. The van der Waals surface area contributed by atoms with E-state index in [1.54, 1.807) is 11.8 Å². The summed E-state index contributed by atoms with van der Waals surface area (Å²) in [6.07, 6.45) is 4.10. The minimum absolute atomic E-state index is 0.0401. The van der Waals surface area contributed by atoms with Crippen molar-refractivity contribution in [3.05, 3.63) is 39.7 Å². The third kappa shape index (κ3) is 4.18. The lowest BCUT2D eigenvalue weighted by atomic mass is 10.0. The summed E-state index contributed by atoms with van der Waals surface area (Å²) in [4.78, 5) is 10.4. The number of thioether (sulfide) groups is 1. The normalized spacial score (nSPS) is 11.6. The highest BCUT2D eigenvalue weighted by molar-refractivity contribution is 8.00. The first-order valence-electron chi connectivity index (χ1n) is 6.66. The fourth-order valence-electron chi connectivity index (χ4n) is 2.16. The molecule has 0 aromatic heterocycles. The lowest BCUT2D eigenvalue weighted by molar-refractivity contribution is -0.385. The molecule has 112 valence electrons. The molecular weight excluding hydrogens is 279 g/mol. The van der Waals surface area contributed by atoms with Gasteiger partial charge in [-0.1, -0.05) is 13.8 Å². The molecule has 1 aromatic rings. The van der Waals surface area contributed by atoms with Gasteiger partial charge in [-0.05, 0) is 31.2 Å². The SMILES string of the molecule is CCC(CC)(CNCc1cc(F)ccc1[N+](=O)[O-])SC. The standard InChI is InChI=1S/C14H21FN2O2S/c1-4-14(5-2,20-3)10-16-9-11-8-12(15)6-7-13(11)17(18)19/h6-8,16H,4-5,9-10H2,1-3H3. The highest BCUT2D eigenvalue weighted by Crippen LogP contribution is 2.29. The second-order valence-electron chi connectivity index (χ2n) is 4.73. The largest absolute Gasteiger partial charge is 0.311 e. The second kappa shape index (κ2) is 7.59. The fourth-order valence-corrected chi connectivity index (χ4v) is 2.98. The first-order chi connectivity index (χ1) is 9.48. The van der Waals surface area contributed by atoms with Crippen molar-refractivity contribution < 1.29 is 9.31 Å². The Balaban J connectivity index is 2.75. The van der Waals surface area contributed by atoms with E-state index in [4.69, 9.17) is 0 Å². The van der Waals surface area contributed by atoms with Gasteiger partial charge in [-0.15, -0.1) is 0 Å². The summed E-state index contributed by atoms with van der Waals surface area (Å²) in [6.45, 7) is 5.31. The van der Waals surface area contributed by atoms with Crippen molar-refractivity contribution in [3.8, 4) is 0 Å². The van der Waals surface area contributed by atoms with Gasteiger partial charge in [-0.2, -0.15) is 11.8 Å². The molecule has 0 radical (unpaired) electrons. The van der Waals surface area contributed by atoms with E-state index in [0.29, 0.717) is 12.1 Å². The van der Waals surface area contributed by atoms with E-state index >= 15 is 0 Å². The van der Waals surface area contributed by atoms with Gasteiger partial charge < -0.3 is 5.32 Å². The van der Waals surface area contributed by atoms with Crippen LogP contribution in [-0.4, -0.2) is 22.5 Å². The molecule has 0 saturated heterocycles. The van der Waals surface area contributed by atoms with Crippen molar-refractivity contribution in [2.45, 2.75) is 38.0 Å². The zero-order valence-electron chi connectivity index (χ0n) is 12.1. The summed E-state index contributed by atoms with van der Waals surface area (Å²) < 4.78 is 13.3. The molecule has 0 aliphatic carbocycles. The summed E-state index contributed by atoms with van der Waals surface area (Å²) in [6, 6.07) is 3.56. The Morgan fingerprint density at radius 3 is 2.55 bits per heavy atom. The first kappa shape index (κ1) is 16.9. The van der Waals surface area contributed by atoms with E-state index in [0.717, 1.165) is 25.5 Å². The number of nitro groups is 1. The fraction of sp³-hybridized carbons (Fsp3) is 0.571. The molecular formula is C14H21FN2O2S. The average molecular weight is 300 g/mol. The number of benzene rings is 1. The van der Waals surface area contributed by atoms with E-state index in [9.17, 15) is 14.5 Å². The zero-order valence-corrected chi connectivity index (χ0v) is 12.9. The molecule has 0 aliphatic heterocycles. The van der Waals surface area contributed by atoms with E-state index in [2.05, 4.69) is 25.4 Å². The molecule has 0 spiro atoms. The van der Waals surface area contributed by atoms with Crippen molar-refractivity contribution in [2.24, 2.45) is 0 Å². The van der Waals surface area contributed by atoms with Crippen LogP contribution in [0.15, 0.2) is 18.2 Å². The summed E-state index contributed by atoms with van der Waals surface area (Å²) in [7, 11) is 0. The number of hydrogen-bond donors (Lipinski definition) is 1. The van der Waals surface area contributed by atoms with Crippen LogP contribution in [0.2, 0.25) is 0 Å². The molecule has 0 amide bonds. The Morgan fingerprint density at radius 2 is 2.05 bits per heavy atom. The van der Waals surface area contributed by atoms with Crippen LogP contribution in [0.1, 0.15) is 32.3 Å². The number of nitrogens with one attached hydrogen (secondary N) is 1. The second-order valence-corrected chi connectivity index (χ2v) is 6.00. The first-order valence-corrected chi connectivity index (χ1v) is 7.89. The zero-order chi connectivity index (χ0) is 15.2. The van der Waals surface area contributed by atoms with Crippen molar-refractivity contribution in [1.29, 1.82) is 0 Å². The van der Waals surface area contributed by atoms with Crippen LogP contribution in [0.3, 0.4) is 0 Å². The van der Waals surface area contributed by atoms with E-state index in [-0.39, 0.29) is 10.4 Å². The number of rotatable bonds is 8. The van der Waals surface area contributed by atoms with Gasteiger partial charge in [0.05, 0.1) is 4.92 Å². The molecule has 1 aromatic carbocycles. The third-order valence-corrected chi connectivity index (χ3v) is 5.31. The maximum Gasteiger partial charge on any atom is 0.274 e. The molecule has 0 saturated carbocycles. The molecule has 1 rings (SSSR count). The summed E-state index contributed by atoms with van der Waals surface area (Å²) in [5, 5.41) is 14.1. The van der Waals surface area contributed by atoms with Crippen molar-refractivity contribution in [1.82, 2.24) is 5.32 Å². The highest BCUT2D eigenvalue weighted by atomic mass is 32.2. The minimum atomic E-state index is -0.474. The predicted molar refractivity (Wildman–Crippen MR) is 81.6 cm³/mol. The number of halogens is 1. The summed E-state index contributed by atoms with van der Waals surface area (Å²) in [5.74, 6) is -0.450. The smallest absolute Gasteiger partial charge is 0.274 e. The minimum Gasteiger partial charge on any atom is -0.311 e. The van der Waals surface area contributed by atoms with Gasteiger partial charge in [-0.25, -0.2) is 4.39 Å². The van der Waals surface area contributed by atoms with Crippen LogP contribution in [0, 0.1) is 15.9 Å². The molecule has 6 heteroatoms. The van der Waals surface area contributed by atoms with Crippen LogP contribution >= 0.6 is 11.8 Å². The number of nitro benzene ring substituents is 1. The quantitative estimate of drug-likeness (QED) is 0.587. The van der Waals surface area contributed by atoms with Crippen LogP contribution in [0.25, 0.3) is 0 Å². The van der Waals surface area contributed by atoms with Gasteiger partial charge in [0.15, 0.2) is 0 Å². The molecule has 0 unspecified atom stereocenters. The predicted octanol–water partition coefficient (Wildman–Crippen LogP) is 3.75. The highest BCUT2D eigenvalue weighted by Gasteiger charge is 2.24. The van der Waals surface area contributed by atoms with Gasteiger partial charge in [0.2, 0.25) is 0 Å². The lowest BCUT2D eigenvalue weighted by Gasteiger charge is -2.30. The molecule has 0 heterocycles. The molecule has 0 aliphatic rings. The molecule has 0 fully saturated rings. The van der Waals surface area contributed by atoms with Gasteiger partial charge in [0, 0.05) is 29.5 Å². The summed E-state index contributed by atoms with van der Waals surface area (Å²) in [5.41, 5.74) is 0.346. The number of nitrogens with zero attached hydrogens (tertiary/aromatic N) is 1. The van der Waals surface area contributed by atoms with Gasteiger partial charge in [0.25, 0.3) is 5.69 Å². The Morgan fingerprint density at radius 1 is 1.40 bits per heavy atom. The third-order valence-electron chi connectivity index (χ3n) is 3.72. The Bertz CT molecular complexity index is 456. The Labute approximate surface area is 123 Å².